The predicted octanol–water partition coefficient (Wildman–Crippen LogP) is 4.12. The highest BCUT2D eigenvalue weighted by atomic mass is 19.1. The van der Waals surface area contributed by atoms with Gasteiger partial charge in [0.15, 0.2) is 11.6 Å². The van der Waals surface area contributed by atoms with Crippen LogP contribution < -0.4 is 15.0 Å². The zero-order chi connectivity index (χ0) is 27.8. The molecule has 0 radical (unpaired) electrons. The number of piperazine rings is 1. The zero-order valence-corrected chi connectivity index (χ0v) is 22.0. The standard InChI is InChI=1S/C28H26FN9O2/c1-4-25(39)38-11-9-37(10-12-38)24-8-6-21-26(33-24)28(31-16-30-21)32-18-5-7-23(17(2)13-18)40-19-14-20(29)27-22(15-19)34-35-36(27)3/h4-8,13-16H,1,9-12H2,2-3H3,(H,30,31,32). The Balaban J connectivity index is 1.21. The van der Waals surface area contributed by atoms with Crippen LogP contribution in [0.25, 0.3) is 22.1 Å². The first-order valence-corrected chi connectivity index (χ1v) is 12.7. The second-order valence-electron chi connectivity index (χ2n) is 9.47. The number of amides is 1. The lowest BCUT2D eigenvalue weighted by Crippen LogP contribution is -2.48. The molecule has 1 N–H and O–H groups in total. The summed E-state index contributed by atoms with van der Waals surface area (Å²) in [5.74, 6) is 1.76. The molecule has 0 atom stereocenters. The van der Waals surface area contributed by atoms with Crippen molar-refractivity contribution in [2.45, 2.75) is 6.92 Å². The number of rotatable bonds is 6. The molecule has 40 heavy (non-hydrogen) atoms. The van der Waals surface area contributed by atoms with Gasteiger partial charge < -0.3 is 19.9 Å². The largest absolute Gasteiger partial charge is 0.457 e. The normalized spacial score (nSPS) is 13.6. The highest BCUT2D eigenvalue weighted by Crippen LogP contribution is 2.32. The van der Waals surface area contributed by atoms with Crippen LogP contribution >= 0.6 is 0 Å². The Morgan fingerprint density at radius 3 is 2.67 bits per heavy atom. The molecule has 1 aliphatic heterocycles. The van der Waals surface area contributed by atoms with E-state index in [0.717, 1.165) is 17.1 Å². The predicted molar refractivity (Wildman–Crippen MR) is 149 cm³/mol. The van der Waals surface area contributed by atoms with Crippen molar-refractivity contribution in [1.82, 2.24) is 34.8 Å². The van der Waals surface area contributed by atoms with Crippen molar-refractivity contribution >= 4 is 45.3 Å². The summed E-state index contributed by atoms with van der Waals surface area (Å²) in [7, 11) is 1.64. The molecule has 1 fully saturated rings. The van der Waals surface area contributed by atoms with Crippen molar-refractivity contribution in [1.29, 1.82) is 0 Å². The summed E-state index contributed by atoms with van der Waals surface area (Å²) in [5.41, 5.74) is 3.70. The Labute approximate surface area is 228 Å². The quantitative estimate of drug-likeness (QED) is 0.318. The molecular weight excluding hydrogens is 513 g/mol. The van der Waals surface area contributed by atoms with E-state index in [1.165, 1.54) is 23.2 Å². The van der Waals surface area contributed by atoms with Gasteiger partial charge in [-0.3, -0.25) is 4.79 Å². The Morgan fingerprint density at radius 2 is 1.90 bits per heavy atom. The van der Waals surface area contributed by atoms with Crippen molar-refractivity contribution in [3.8, 4) is 11.5 Å². The first-order chi connectivity index (χ1) is 19.4. The molecule has 0 unspecified atom stereocenters. The highest BCUT2D eigenvalue weighted by Gasteiger charge is 2.21. The zero-order valence-electron chi connectivity index (χ0n) is 22.0. The van der Waals surface area contributed by atoms with E-state index in [1.54, 1.807) is 18.0 Å². The van der Waals surface area contributed by atoms with E-state index in [9.17, 15) is 9.18 Å². The van der Waals surface area contributed by atoms with E-state index < -0.39 is 5.82 Å². The number of hydrogen-bond donors (Lipinski definition) is 1. The molecule has 12 heteroatoms. The van der Waals surface area contributed by atoms with Gasteiger partial charge in [-0.25, -0.2) is 24.0 Å². The third kappa shape index (κ3) is 4.75. The average molecular weight is 540 g/mol. The lowest BCUT2D eigenvalue weighted by molar-refractivity contribution is -0.126. The van der Waals surface area contributed by atoms with E-state index in [4.69, 9.17) is 9.72 Å². The molecule has 0 aliphatic carbocycles. The van der Waals surface area contributed by atoms with Crippen molar-refractivity contribution in [2.75, 3.05) is 36.4 Å². The van der Waals surface area contributed by atoms with Crippen LogP contribution in [0, 0.1) is 12.7 Å². The lowest BCUT2D eigenvalue weighted by Gasteiger charge is -2.35. The van der Waals surface area contributed by atoms with Gasteiger partial charge in [0, 0.05) is 51.0 Å². The smallest absolute Gasteiger partial charge is 0.246 e. The summed E-state index contributed by atoms with van der Waals surface area (Å²) in [5, 5.41) is 11.2. The molecular formula is C28H26FN9O2. The van der Waals surface area contributed by atoms with Crippen molar-refractivity contribution in [3.63, 3.8) is 0 Å². The number of carbonyl (C=O) groups excluding carboxylic acids is 1. The summed E-state index contributed by atoms with van der Waals surface area (Å²) in [6, 6.07) is 12.4. The molecule has 2 aromatic carbocycles. The van der Waals surface area contributed by atoms with Crippen molar-refractivity contribution in [3.05, 3.63) is 72.8 Å². The van der Waals surface area contributed by atoms with Gasteiger partial charge in [0.1, 0.15) is 40.2 Å². The molecule has 1 saturated heterocycles. The van der Waals surface area contributed by atoms with Crippen LogP contribution in [0.3, 0.4) is 0 Å². The van der Waals surface area contributed by atoms with Gasteiger partial charge in [-0.15, -0.1) is 5.10 Å². The first-order valence-electron chi connectivity index (χ1n) is 12.7. The maximum Gasteiger partial charge on any atom is 0.246 e. The fourth-order valence-electron chi connectivity index (χ4n) is 4.76. The van der Waals surface area contributed by atoms with Crippen LogP contribution in [0.5, 0.6) is 11.5 Å². The minimum atomic E-state index is -0.453. The monoisotopic (exact) mass is 539 g/mol. The number of nitrogens with zero attached hydrogens (tertiary/aromatic N) is 8. The van der Waals surface area contributed by atoms with E-state index in [-0.39, 0.29) is 5.91 Å². The second-order valence-corrected chi connectivity index (χ2v) is 9.47. The van der Waals surface area contributed by atoms with E-state index >= 15 is 0 Å². The Bertz CT molecular complexity index is 1760. The Hall–Kier alpha value is -5.13. The molecule has 0 spiro atoms. The lowest BCUT2D eigenvalue weighted by atomic mass is 10.2. The number of pyridine rings is 1. The third-order valence-corrected chi connectivity index (χ3v) is 6.85. The van der Waals surface area contributed by atoms with Gasteiger partial charge in [-0.2, -0.15) is 0 Å². The van der Waals surface area contributed by atoms with Crippen LogP contribution in [0.2, 0.25) is 0 Å². The van der Waals surface area contributed by atoms with Gasteiger partial charge in [0.05, 0.1) is 5.52 Å². The first kappa shape index (κ1) is 25.2. The van der Waals surface area contributed by atoms with Gasteiger partial charge in [-0.1, -0.05) is 11.8 Å². The Morgan fingerprint density at radius 1 is 1.07 bits per heavy atom. The number of aryl methyl sites for hydroxylation is 2. The summed E-state index contributed by atoms with van der Waals surface area (Å²) in [6.45, 7) is 8.02. The van der Waals surface area contributed by atoms with Gasteiger partial charge in [-0.05, 0) is 48.9 Å². The number of fused-ring (bicyclic) bond motifs is 2. The van der Waals surface area contributed by atoms with Crippen LogP contribution in [0.1, 0.15) is 5.56 Å². The molecule has 6 rings (SSSR count). The maximum atomic E-state index is 14.6. The van der Waals surface area contributed by atoms with Crippen molar-refractivity contribution < 1.29 is 13.9 Å². The molecule has 1 amide bonds. The molecule has 0 bridgehead atoms. The van der Waals surface area contributed by atoms with Crippen LogP contribution in [0.15, 0.2) is 61.4 Å². The number of carbonyl (C=O) groups is 1. The summed E-state index contributed by atoms with van der Waals surface area (Å²) in [4.78, 5) is 29.5. The fourth-order valence-corrected chi connectivity index (χ4v) is 4.76. The number of ether oxygens (including phenoxy) is 1. The molecule has 5 aromatic rings. The SMILES string of the molecule is C=CC(=O)N1CCN(c2ccc3ncnc(Nc4ccc(Oc5cc(F)c6c(c5)nnn6C)c(C)c4)c3n2)CC1. The minimum Gasteiger partial charge on any atom is -0.457 e. The molecule has 4 heterocycles. The number of nitrogens with one attached hydrogen (secondary N) is 1. The molecule has 11 nitrogen and oxygen atoms in total. The molecule has 1 aliphatic rings. The molecule has 0 saturated carbocycles. The molecule has 202 valence electrons. The van der Waals surface area contributed by atoms with Crippen LogP contribution in [-0.2, 0) is 11.8 Å². The molecule has 3 aromatic heterocycles. The van der Waals surface area contributed by atoms with Crippen LogP contribution in [0.4, 0.5) is 21.7 Å². The third-order valence-electron chi connectivity index (χ3n) is 6.85. The average Bonchev–Trinajstić information content (AvgIpc) is 3.35. The maximum absolute atomic E-state index is 14.6. The second kappa shape index (κ2) is 10.2. The summed E-state index contributed by atoms with van der Waals surface area (Å²) < 4.78 is 21.9. The Kier molecular flexibility index (Phi) is 6.42. The van der Waals surface area contributed by atoms with Gasteiger partial charge in [0.2, 0.25) is 5.91 Å². The number of benzene rings is 2. The fraction of sp³-hybridized carbons (Fsp3) is 0.214. The number of aromatic nitrogens is 6. The van der Waals surface area contributed by atoms with E-state index in [2.05, 4.69) is 37.1 Å². The number of halogens is 1. The topological polar surface area (TPSA) is 114 Å². The van der Waals surface area contributed by atoms with Crippen molar-refractivity contribution in [2.24, 2.45) is 7.05 Å². The number of anilines is 3. The highest BCUT2D eigenvalue weighted by molar-refractivity contribution is 5.89. The van der Waals surface area contributed by atoms with E-state index in [1.807, 2.05) is 37.3 Å². The summed E-state index contributed by atoms with van der Waals surface area (Å²) >= 11 is 0. The van der Waals surface area contributed by atoms with Gasteiger partial charge >= 0.3 is 0 Å². The number of hydrogen-bond acceptors (Lipinski definition) is 9. The summed E-state index contributed by atoms with van der Waals surface area (Å²) in [6.07, 6.45) is 2.84. The van der Waals surface area contributed by atoms with Crippen LogP contribution in [-0.4, -0.2) is 66.9 Å². The van der Waals surface area contributed by atoms with Gasteiger partial charge in [0.25, 0.3) is 0 Å². The van der Waals surface area contributed by atoms with E-state index in [0.29, 0.717) is 65.6 Å². The minimum absolute atomic E-state index is 0.0588.